The molecule has 0 saturated carbocycles. The highest BCUT2D eigenvalue weighted by Crippen LogP contribution is 2.20. The second-order valence-corrected chi connectivity index (χ2v) is 5.12. The Labute approximate surface area is 134 Å². The highest BCUT2D eigenvalue weighted by Gasteiger charge is 2.12. The SMILES string of the molecule is CCCCCCN1C=CN(c2ccc(C)cc2)C1.I. The van der Waals surface area contributed by atoms with E-state index in [1.165, 1.54) is 43.5 Å². The molecular weight excluding hydrogens is 347 g/mol. The molecule has 0 saturated heterocycles. The quantitative estimate of drug-likeness (QED) is 0.526. The smallest absolute Gasteiger partial charge is 0.0941 e. The molecule has 0 aliphatic carbocycles. The molecule has 0 fully saturated rings. The molecule has 1 heterocycles. The summed E-state index contributed by atoms with van der Waals surface area (Å²) in [7, 11) is 0. The molecule has 0 unspecified atom stereocenters. The van der Waals surface area contributed by atoms with Crippen LogP contribution in [0.1, 0.15) is 38.2 Å². The van der Waals surface area contributed by atoms with Crippen molar-refractivity contribution in [3.05, 3.63) is 42.2 Å². The van der Waals surface area contributed by atoms with Crippen LogP contribution in [-0.4, -0.2) is 18.1 Å². The molecule has 2 nitrogen and oxygen atoms in total. The molecule has 0 N–H and O–H groups in total. The first kappa shape index (κ1) is 16.3. The summed E-state index contributed by atoms with van der Waals surface area (Å²) >= 11 is 0. The summed E-state index contributed by atoms with van der Waals surface area (Å²) in [4.78, 5) is 4.70. The van der Waals surface area contributed by atoms with E-state index >= 15 is 0 Å². The van der Waals surface area contributed by atoms with Crippen LogP contribution in [0.4, 0.5) is 5.69 Å². The Morgan fingerprint density at radius 1 is 1.00 bits per heavy atom. The zero-order valence-corrected chi connectivity index (χ0v) is 14.3. The molecule has 0 spiro atoms. The van der Waals surface area contributed by atoms with Gasteiger partial charge in [-0.2, -0.15) is 0 Å². The maximum atomic E-state index is 2.40. The van der Waals surface area contributed by atoms with Gasteiger partial charge in [0.1, 0.15) is 0 Å². The molecule has 2 rings (SSSR count). The van der Waals surface area contributed by atoms with Gasteiger partial charge in [0.25, 0.3) is 0 Å². The lowest BCUT2D eigenvalue weighted by molar-refractivity contribution is 0.390. The van der Waals surface area contributed by atoms with Crippen LogP contribution >= 0.6 is 24.0 Å². The normalized spacial score (nSPS) is 13.8. The summed E-state index contributed by atoms with van der Waals surface area (Å²) in [5.74, 6) is 0. The fourth-order valence-electron chi connectivity index (χ4n) is 2.26. The standard InChI is InChI=1S/C16H24N2.HI/c1-3-4-5-6-11-17-12-13-18(14-17)16-9-7-15(2)8-10-16;/h7-10,12-13H,3-6,11,14H2,1-2H3;1H. The second-order valence-electron chi connectivity index (χ2n) is 5.12. The van der Waals surface area contributed by atoms with Crippen molar-refractivity contribution in [3.63, 3.8) is 0 Å². The minimum atomic E-state index is 0. The van der Waals surface area contributed by atoms with Gasteiger partial charge in [-0.3, -0.25) is 0 Å². The van der Waals surface area contributed by atoms with Crippen LogP contribution in [0.3, 0.4) is 0 Å². The first-order valence-electron chi connectivity index (χ1n) is 7.05. The average Bonchev–Trinajstić information content (AvgIpc) is 2.84. The number of aryl methyl sites for hydroxylation is 1. The van der Waals surface area contributed by atoms with Crippen molar-refractivity contribution < 1.29 is 0 Å². The van der Waals surface area contributed by atoms with Crippen molar-refractivity contribution in [1.82, 2.24) is 4.90 Å². The van der Waals surface area contributed by atoms with Gasteiger partial charge in [-0.1, -0.05) is 43.9 Å². The van der Waals surface area contributed by atoms with Crippen LogP contribution in [0.15, 0.2) is 36.7 Å². The van der Waals surface area contributed by atoms with Crippen molar-refractivity contribution in [2.24, 2.45) is 0 Å². The first-order valence-corrected chi connectivity index (χ1v) is 7.05. The summed E-state index contributed by atoms with van der Waals surface area (Å²) < 4.78 is 0. The van der Waals surface area contributed by atoms with E-state index in [9.17, 15) is 0 Å². The molecule has 19 heavy (non-hydrogen) atoms. The molecule has 1 aliphatic heterocycles. The zero-order chi connectivity index (χ0) is 12.8. The van der Waals surface area contributed by atoms with Gasteiger partial charge in [-0.05, 0) is 25.5 Å². The van der Waals surface area contributed by atoms with Gasteiger partial charge in [0.05, 0.1) is 6.67 Å². The van der Waals surface area contributed by atoms with Crippen LogP contribution in [0.25, 0.3) is 0 Å². The summed E-state index contributed by atoms with van der Waals surface area (Å²) in [6, 6.07) is 8.74. The van der Waals surface area contributed by atoms with E-state index in [0.717, 1.165) is 6.67 Å². The van der Waals surface area contributed by atoms with Gasteiger partial charge in [-0.25, -0.2) is 0 Å². The predicted molar refractivity (Wildman–Crippen MR) is 93.9 cm³/mol. The molecular formula is C16H25IN2. The van der Waals surface area contributed by atoms with Crippen molar-refractivity contribution in [2.45, 2.75) is 39.5 Å². The first-order chi connectivity index (χ1) is 8.79. The van der Waals surface area contributed by atoms with E-state index in [-0.39, 0.29) is 24.0 Å². The minimum Gasteiger partial charge on any atom is -0.358 e. The van der Waals surface area contributed by atoms with Crippen LogP contribution in [0.2, 0.25) is 0 Å². The van der Waals surface area contributed by atoms with Gasteiger partial charge in [0.15, 0.2) is 0 Å². The Morgan fingerprint density at radius 3 is 2.42 bits per heavy atom. The third-order valence-electron chi connectivity index (χ3n) is 3.46. The van der Waals surface area contributed by atoms with Gasteiger partial charge < -0.3 is 9.80 Å². The van der Waals surface area contributed by atoms with Crippen LogP contribution in [-0.2, 0) is 0 Å². The van der Waals surface area contributed by atoms with E-state index in [1.807, 2.05) is 0 Å². The second kappa shape index (κ2) is 8.46. The molecule has 0 amide bonds. The number of unbranched alkanes of at least 4 members (excludes halogenated alkanes) is 3. The lowest BCUT2D eigenvalue weighted by Gasteiger charge is -2.21. The van der Waals surface area contributed by atoms with Gasteiger partial charge in [0, 0.05) is 24.6 Å². The summed E-state index contributed by atoms with van der Waals surface area (Å²) in [5, 5.41) is 0. The maximum absolute atomic E-state index is 2.40. The Hall–Kier alpha value is -0.710. The maximum Gasteiger partial charge on any atom is 0.0941 e. The van der Waals surface area contributed by atoms with E-state index < -0.39 is 0 Å². The number of rotatable bonds is 6. The van der Waals surface area contributed by atoms with Crippen LogP contribution < -0.4 is 4.90 Å². The highest BCUT2D eigenvalue weighted by atomic mass is 127. The van der Waals surface area contributed by atoms with Crippen LogP contribution in [0, 0.1) is 6.92 Å². The number of anilines is 1. The molecule has 1 aromatic rings. The largest absolute Gasteiger partial charge is 0.358 e. The summed E-state index contributed by atoms with van der Waals surface area (Å²) in [6.07, 6.45) is 9.73. The Bertz CT molecular complexity index is 386. The molecule has 3 heteroatoms. The third kappa shape index (κ3) is 5.05. The minimum absolute atomic E-state index is 0. The third-order valence-corrected chi connectivity index (χ3v) is 3.46. The van der Waals surface area contributed by atoms with Crippen molar-refractivity contribution in [3.8, 4) is 0 Å². The van der Waals surface area contributed by atoms with E-state index in [0.29, 0.717) is 0 Å². The molecule has 1 aromatic carbocycles. The lowest BCUT2D eigenvalue weighted by atomic mass is 10.2. The van der Waals surface area contributed by atoms with E-state index in [1.54, 1.807) is 0 Å². The number of halogens is 1. The predicted octanol–water partition coefficient (Wildman–Crippen LogP) is 4.74. The monoisotopic (exact) mass is 372 g/mol. The molecule has 0 atom stereocenters. The van der Waals surface area contributed by atoms with Crippen molar-refractivity contribution in [1.29, 1.82) is 0 Å². The average molecular weight is 372 g/mol. The lowest BCUT2D eigenvalue weighted by Crippen LogP contribution is -2.25. The van der Waals surface area contributed by atoms with Crippen LogP contribution in [0.5, 0.6) is 0 Å². The number of nitrogens with zero attached hydrogens (tertiary/aromatic N) is 2. The summed E-state index contributed by atoms with van der Waals surface area (Å²) in [6.45, 7) is 6.56. The van der Waals surface area contributed by atoms with E-state index in [4.69, 9.17) is 0 Å². The summed E-state index contributed by atoms with van der Waals surface area (Å²) in [5.41, 5.74) is 2.60. The molecule has 0 aromatic heterocycles. The van der Waals surface area contributed by atoms with Gasteiger partial charge in [0.2, 0.25) is 0 Å². The van der Waals surface area contributed by atoms with E-state index in [2.05, 4.69) is 60.3 Å². The fourth-order valence-corrected chi connectivity index (χ4v) is 2.26. The molecule has 106 valence electrons. The molecule has 0 bridgehead atoms. The van der Waals surface area contributed by atoms with Crippen molar-refractivity contribution in [2.75, 3.05) is 18.1 Å². The van der Waals surface area contributed by atoms with Crippen molar-refractivity contribution >= 4 is 29.7 Å². The highest BCUT2D eigenvalue weighted by molar-refractivity contribution is 14.0. The Kier molecular flexibility index (Phi) is 7.28. The number of benzene rings is 1. The van der Waals surface area contributed by atoms with Gasteiger partial charge in [-0.15, -0.1) is 24.0 Å². The molecule has 0 radical (unpaired) electrons. The zero-order valence-electron chi connectivity index (χ0n) is 12.0. The Balaban J connectivity index is 0.00000180. The number of hydrogen-bond donors (Lipinski definition) is 0. The topological polar surface area (TPSA) is 6.48 Å². The number of hydrogen-bond acceptors (Lipinski definition) is 2. The van der Waals surface area contributed by atoms with Gasteiger partial charge >= 0.3 is 0 Å². The fraction of sp³-hybridized carbons (Fsp3) is 0.500. The molecule has 1 aliphatic rings. The Morgan fingerprint density at radius 2 is 1.74 bits per heavy atom.